The van der Waals surface area contributed by atoms with Crippen molar-refractivity contribution in [1.82, 2.24) is 0 Å². The van der Waals surface area contributed by atoms with Gasteiger partial charge in [-0.05, 0) is 113 Å². The van der Waals surface area contributed by atoms with Gasteiger partial charge in [-0.1, -0.05) is 34.6 Å². The van der Waals surface area contributed by atoms with Gasteiger partial charge in [0.15, 0.2) is 0 Å². The molecular formula is C35H56O8. The van der Waals surface area contributed by atoms with E-state index < -0.39 is 24.0 Å². The van der Waals surface area contributed by atoms with Crippen LogP contribution in [0.5, 0.6) is 0 Å². The summed E-state index contributed by atoms with van der Waals surface area (Å²) in [6.07, 6.45) is 6.90. The fourth-order valence-corrected chi connectivity index (χ4v) is 11.9. The highest BCUT2D eigenvalue weighted by atomic mass is 16.6. The average Bonchev–Trinajstić information content (AvgIpc) is 3.44. The number of aliphatic hydroxyl groups is 1. The lowest BCUT2D eigenvalue weighted by atomic mass is 9.35. The van der Waals surface area contributed by atoms with Gasteiger partial charge in [0.1, 0.15) is 18.6 Å². The Labute approximate surface area is 258 Å². The van der Waals surface area contributed by atoms with Crippen LogP contribution in [0.25, 0.3) is 0 Å². The first-order valence-corrected chi connectivity index (χ1v) is 16.7. The molecule has 0 spiro atoms. The molecule has 3 unspecified atom stereocenters. The molecule has 8 heteroatoms. The molecule has 2 N–H and O–H groups in total. The topological polar surface area (TPSA) is 119 Å². The van der Waals surface area contributed by atoms with Crippen LogP contribution in [0, 0.1) is 45.3 Å². The summed E-state index contributed by atoms with van der Waals surface area (Å²) in [5, 5.41) is 19.9. The molecule has 244 valence electrons. The summed E-state index contributed by atoms with van der Waals surface area (Å²) >= 11 is 0. The standard InChI is InChI=1S/C35H56O8/c1-20(36)41-22-18-24-32(6)14-12-25(42-28(39)19-27(37)38)30(2,3)23(32)11-16-33(24,7)34(8)15-10-21(29(22)34)35(9)17-13-26(43-35)31(4,5)40/h21-26,29,40H,10-19H2,1-9H3,(H,37,38)/t21-,22?,23-,24+,25?,26?,29-,32-,33+,34+,35-/m0/s1. The number of carboxylic acids is 1. The van der Waals surface area contributed by atoms with Crippen molar-refractivity contribution < 1.29 is 38.8 Å². The Morgan fingerprint density at radius 1 is 0.860 bits per heavy atom. The smallest absolute Gasteiger partial charge is 0.317 e. The van der Waals surface area contributed by atoms with Gasteiger partial charge < -0.3 is 24.4 Å². The van der Waals surface area contributed by atoms with Crippen LogP contribution in [0.4, 0.5) is 0 Å². The van der Waals surface area contributed by atoms with E-state index in [1.54, 1.807) is 0 Å². The van der Waals surface area contributed by atoms with Gasteiger partial charge in [0, 0.05) is 18.3 Å². The molecule has 0 amide bonds. The monoisotopic (exact) mass is 604 g/mol. The van der Waals surface area contributed by atoms with Gasteiger partial charge in [-0.15, -0.1) is 0 Å². The minimum Gasteiger partial charge on any atom is -0.481 e. The van der Waals surface area contributed by atoms with E-state index in [1.807, 2.05) is 13.8 Å². The zero-order chi connectivity index (χ0) is 32.0. The molecule has 0 aromatic heterocycles. The van der Waals surface area contributed by atoms with Crippen molar-refractivity contribution in [1.29, 1.82) is 0 Å². The highest BCUT2D eigenvalue weighted by Crippen LogP contribution is 2.76. The predicted octanol–water partition coefficient (Wildman–Crippen LogP) is 6.31. The third kappa shape index (κ3) is 5.05. The number of carboxylic acid groups (broad SMARTS) is 1. The molecule has 5 fully saturated rings. The average molecular weight is 605 g/mol. The van der Waals surface area contributed by atoms with Crippen molar-refractivity contribution in [2.75, 3.05) is 0 Å². The quantitative estimate of drug-likeness (QED) is 0.268. The van der Waals surface area contributed by atoms with Crippen molar-refractivity contribution in [3.8, 4) is 0 Å². The number of hydrogen-bond donors (Lipinski definition) is 2. The maximum atomic E-state index is 12.6. The minimum absolute atomic E-state index is 0.0296. The number of carbonyl (C=O) groups excluding carboxylic acids is 2. The summed E-state index contributed by atoms with van der Waals surface area (Å²) in [5.41, 5.74) is -1.66. The third-order valence-corrected chi connectivity index (χ3v) is 14.1. The third-order valence-electron chi connectivity index (χ3n) is 14.1. The lowest BCUT2D eigenvalue weighted by Gasteiger charge is -2.70. The summed E-state index contributed by atoms with van der Waals surface area (Å²) in [4.78, 5) is 36.2. The zero-order valence-corrected chi connectivity index (χ0v) is 28.0. The minimum atomic E-state index is -1.17. The number of carbonyl (C=O) groups is 3. The molecule has 5 rings (SSSR count). The normalized spacial score (nSPS) is 47.2. The summed E-state index contributed by atoms with van der Waals surface area (Å²) in [7, 11) is 0. The first-order chi connectivity index (χ1) is 19.7. The Morgan fingerprint density at radius 3 is 2.09 bits per heavy atom. The van der Waals surface area contributed by atoms with E-state index in [0.29, 0.717) is 12.3 Å². The van der Waals surface area contributed by atoms with E-state index in [4.69, 9.17) is 19.3 Å². The number of esters is 2. The van der Waals surface area contributed by atoms with Gasteiger partial charge in [0.2, 0.25) is 0 Å². The molecule has 0 aromatic rings. The number of aliphatic carboxylic acids is 1. The molecule has 0 aromatic carbocycles. The van der Waals surface area contributed by atoms with Gasteiger partial charge >= 0.3 is 17.9 Å². The molecule has 5 aliphatic rings. The first-order valence-electron chi connectivity index (χ1n) is 16.7. The molecule has 43 heavy (non-hydrogen) atoms. The van der Waals surface area contributed by atoms with Crippen LogP contribution >= 0.6 is 0 Å². The van der Waals surface area contributed by atoms with Crippen LogP contribution in [0.1, 0.15) is 127 Å². The van der Waals surface area contributed by atoms with E-state index in [-0.39, 0.29) is 69.3 Å². The maximum absolute atomic E-state index is 12.6. The maximum Gasteiger partial charge on any atom is 0.317 e. The summed E-state index contributed by atoms with van der Waals surface area (Å²) < 4.78 is 18.9. The predicted molar refractivity (Wildman–Crippen MR) is 161 cm³/mol. The number of hydrogen-bond acceptors (Lipinski definition) is 7. The number of fused-ring (bicyclic) bond motifs is 5. The molecule has 0 bridgehead atoms. The van der Waals surface area contributed by atoms with Gasteiger partial charge in [0.25, 0.3) is 0 Å². The fourth-order valence-electron chi connectivity index (χ4n) is 11.9. The Balaban J connectivity index is 1.48. The molecule has 1 aliphatic heterocycles. The van der Waals surface area contributed by atoms with Crippen LogP contribution in [-0.2, 0) is 28.6 Å². The molecule has 4 aliphatic carbocycles. The summed E-state index contributed by atoms with van der Waals surface area (Å²) in [6.45, 7) is 19.2. The molecule has 1 heterocycles. The van der Waals surface area contributed by atoms with Gasteiger partial charge in [-0.25, -0.2) is 0 Å². The number of rotatable bonds is 6. The molecule has 8 nitrogen and oxygen atoms in total. The molecule has 4 saturated carbocycles. The van der Waals surface area contributed by atoms with Crippen molar-refractivity contribution in [3.63, 3.8) is 0 Å². The van der Waals surface area contributed by atoms with E-state index in [0.717, 1.165) is 51.4 Å². The van der Waals surface area contributed by atoms with Crippen molar-refractivity contribution in [2.24, 2.45) is 45.3 Å². The second-order valence-electron chi connectivity index (χ2n) is 17.1. The zero-order valence-electron chi connectivity index (χ0n) is 28.0. The molecular weight excluding hydrogens is 548 g/mol. The van der Waals surface area contributed by atoms with Gasteiger partial charge in [-0.2, -0.15) is 0 Å². The fraction of sp³-hybridized carbons (Fsp3) is 0.914. The summed E-state index contributed by atoms with van der Waals surface area (Å²) in [5.74, 6) is -1.05. The second-order valence-corrected chi connectivity index (χ2v) is 17.1. The Morgan fingerprint density at radius 2 is 1.51 bits per heavy atom. The van der Waals surface area contributed by atoms with Crippen molar-refractivity contribution >= 4 is 17.9 Å². The lowest BCUT2D eigenvalue weighted by Crippen LogP contribution is -2.67. The van der Waals surface area contributed by atoms with Gasteiger partial charge in [0.05, 0.1) is 17.3 Å². The van der Waals surface area contributed by atoms with E-state index >= 15 is 0 Å². The molecule has 0 radical (unpaired) electrons. The Bertz CT molecular complexity index is 1140. The lowest BCUT2D eigenvalue weighted by molar-refractivity contribution is -0.254. The largest absolute Gasteiger partial charge is 0.481 e. The SMILES string of the molecule is CC(=O)OC1C[C@@H]2[C@@]3(C)CCC(OC(=O)CC(=O)O)C(C)(C)[C@@H]3CC[C@@]2(C)[C@]2(C)CC[C@H]([C@]3(C)CCC(C(C)(C)O)O3)[C@@H]12. The van der Waals surface area contributed by atoms with Crippen LogP contribution in [0.15, 0.2) is 0 Å². The highest BCUT2D eigenvalue weighted by molar-refractivity contribution is 5.90. The van der Waals surface area contributed by atoms with Crippen molar-refractivity contribution in [2.45, 2.75) is 156 Å². The number of ether oxygens (including phenoxy) is 3. The van der Waals surface area contributed by atoms with E-state index in [2.05, 4.69) is 41.5 Å². The second kappa shape index (κ2) is 10.4. The van der Waals surface area contributed by atoms with E-state index in [9.17, 15) is 19.5 Å². The van der Waals surface area contributed by atoms with Crippen LogP contribution in [0.3, 0.4) is 0 Å². The van der Waals surface area contributed by atoms with Gasteiger partial charge in [-0.3, -0.25) is 14.4 Å². The van der Waals surface area contributed by atoms with E-state index in [1.165, 1.54) is 6.92 Å². The Kier molecular flexibility index (Phi) is 7.94. The highest BCUT2D eigenvalue weighted by Gasteiger charge is 2.72. The van der Waals surface area contributed by atoms with Crippen LogP contribution in [0.2, 0.25) is 0 Å². The summed E-state index contributed by atoms with van der Waals surface area (Å²) in [6, 6.07) is 0. The van der Waals surface area contributed by atoms with Crippen LogP contribution in [-0.4, -0.2) is 57.6 Å². The Hall–Kier alpha value is -1.67. The first kappa shape index (κ1) is 32.7. The molecule has 11 atom stereocenters. The molecule has 1 saturated heterocycles. The van der Waals surface area contributed by atoms with Crippen molar-refractivity contribution in [3.05, 3.63) is 0 Å². The van der Waals surface area contributed by atoms with Crippen LogP contribution < -0.4 is 0 Å².